The fourth-order valence-electron chi connectivity index (χ4n) is 2.14. The van der Waals surface area contributed by atoms with E-state index >= 15 is 0 Å². The highest BCUT2D eigenvalue weighted by atomic mass is 35.5. The first kappa shape index (κ1) is 17.4. The lowest BCUT2D eigenvalue weighted by Gasteiger charge is -2.11. The van der Waals surface area contributed by atoms with Crippen LogP contribution >= 0.6 is 23.4 Å². The summed E-state index contributed by atoms with van der Waals surface area (Å²) < 4.78 is 5.19. The number of carbonyl (C=O) groups excluding carboxylic acids is 1. The van der Waals surface area contributed by atoms with Crippen molar-refractivity contribution in [2.75, 3.05) is 11.1 Å². The molecule has 0 fully saturated rings. The number of amides is 1. The summed E-state index contributed by atoms with van der Waals surface area (Å²) in [6.07, 6.45) is 1.04. The number of carboxylic acids is 1. The average molecular weight is 354 g/mol. The fraction of sp³-hybridized carbons (Fsp3) is 0.250. The van der Waals surface area contributed by atoms with Gasteiger partial charge in [-0.25, -0.2) is 0 Å². The monoisotopic (exact) mass is 353 g/mol. The molecule has 7 heteroatoms. The van der Waals surface area contributed by atoms with Crippen molar-refractivity contribution in [2.45, 2.75) is 25.2 Å². The zero-order valence-electron chi connectivity index (χ0n) is 12.7. The Kier molecular flexibility index (Phi) is 5.74. The van der Waals surface area contributed by atoms with Gasteiger partial charge in [0.25, 0.3) is 5.91 Å². The normalized spacial score (nSPS) is 10.6. The van der Waals surface area contributed by atoms with Gasteiger partial charge in [-0.15, -0.1) is 11.8 Å². The minimum Gasteiger partial charge on any atom is -0.481 e. The molecular weight excluding hydrogens is 338 g/mol. The first-order valence-corrected chi connectivity index (χ1v) is 8.31. The summed E-state index contributed by atoms with van der Waals surface area (Å²) in [5.41, 5.74) is 1.43. The highest BCUT2D eigenvalue weighted by molar-refractivity contribution is 7.99. The molecule has 1 amide bonds. The maximum absolute atomic E-state index is 12.5. The third-order valence-electron chi connectivity index (χ3n) is 3.08. The molecule has 0 saturated heterocycles. The van der Waals surface area contributed by atoms with E-state index < -0.39 is 11.9 Å². The van der Waals surface area contributed by atoms with Crippen molar-refractivity contribution in [1.29, 1.82) is 0 Å². The molecule has 0 aliphatic heterocycles. The Bertz CT molecular complexity index is 742. The molecule has 2 aromatic rings. The number of hydrogen-bond acceptors (Lipinski definition) is 4. The SMILES string of the molecule is CCSc1ccc(Cl)cc1NC(=O)c1c(C)coc1CC(=O)O. The van der Waals surface area contributed by atoms with E-state index in [1.807, 2.05) is 13.0 Å². The Labute approximate surface area is 143 Å². The number of aryl methyl sites for hydroxylation is 1. The molecule has 0 bridgehead atoms. The molecule has 1 aromatic carbocycles. The lowest BCUT2D eigenvalue weighted by Crippen LogP contribution is -2.16. The van der Waals surface area contributed by atoms with Gasteiger partial charge in [0.15, 0.2) is 0 Å². The van der Waals surface area contributed by atoms with Gasteiger partial charge in [-0.3, -0.25) is 9.59 Å². The zero-order valence-corrected chi connectivity index (χ0v) is 14.3. The Morgan fingerprint density at radius 1 is 1.39 bits per heavy atom. The Morgan fingerprint density at radius 3 is 2.78 bits per heavy atom. The van der Waals surface area contributed by atoms with Crippen LogP contribution in [0.5, 0.6) is 0 Å². The first-order chi connectivity index (χ1) is 10.9. The maximum atomic E-state index is 12.5. The molecule has 0 radical (unpaired) electrons. The number of halogens is 1. The van der Waals surface area contributed by atoms with Crippen molar-refractivity contribution < 1.29 is 19.1 Å². The van der Waals surface area contributed by atoms with Crippen LogP contribution in [0, 0.1) is 6.92 Å². The lowest BCUT2D eigenvalue weighted by molar-refractivity contribution is -0.136. The summed E-state index contributed by atoms with van der Waals surface area (Å²) in [5, 5.41) is 12.2. The highest BCUT2D eigenvalue weighted by Crippen LogP contribution is 2.31. The molecule has 122 valence electrons. The van der Waals surface area contributed by atoms with Gasteiger partial charge in [0.1, 0.15) is 12.2 Å². The Morgan fingerprint density at radius 2 is 2.13 bits per heavy atom. The predicted octanol–water partition coefficient (Wildman–Crippen LogP) is 4.23. The van der Waals surface area contributed by atoms with Crippen molar-refractivity contribution in [1.82, 2.24) is 0 Å². The fourth-order valence-corrected chi connectivity index (χ4v) is 3.05. The molecule has 0 spiro atoms. The summed E-state index contributed by atoms with van der Waals surface area (Å²) in [6, 6.07) is 5.27. The van der Waals surface area contributed by atoms with Crippen molar-refractivity contribution in [3.63, 3.8) is 0 Å². The summed E-state index contributed by atoms with van der Waals surface area (Å²) >= 11 is 7.58. The second-order valence-corrected chi connectivity index (χ2v) is 6.56. The summed E-state index contributed by atoms with van der Waals surface area (Å²) in [4.78, 5) is 24.3. The van der Waals surface area contributed by atoms with E-state index in [4.69, 9.17) is 21.1 Å². The Balaban J connectivity index is 2.31. The van der Waals surface area contributed by atoms with Crippen LogP contribution in [0.1, 0.15) is 28.6 Å². The van der Waals surface area contributed by atoms with E-state index in [-0.39, 0.29) is 17.7 Å². The van der Waals surface area contributed by atoms with Gasteiger partial charge < -0.3 is 14.8 Å². The highest BCUT2D eigenvalue weighted by Gasteiger charge is 2.21. The van der Waals surface area contributed by atoms with Gasteiger partial charge in [0.05, 0.1) is 17.5 Å². The van der Waals surface area contributed by atoms with Crippen molar-refractivity contribution in [2.24, 2.45) is 0 Å². The van der Waals surface area contributed by atoms with Crippen LogP contribution in [0.15, 0.2) is 33.8 Å². The molecule has 2 rings (SSSR count). The molecule has 0 saturated carbocycles. The molecule has 23 heavy (non-hydrogen) atoms. The van der Waals surface area contributed by atoms with Gasteiger partial charge in [0, 0.05) is 15.5 Å². The van der Waals surface area contributed by atoms with Crippen LogP contribution in [-0.2, 0) is 11.2 Å². The predicted molar refractivity (Wildman–Crippen MR) is 90.6 cm³/mol. The molecule has 0 aliphatic carbocycles. The number of carbonyl (C=O) groups is 2. The number of aliphatic carboxylic acids is 1. The lowest BCUT2D eigenvalue weighted by atomic mass is 10.1. The zero-order chi connectivity index (χ0) is 17.0. The number of rotatable bonds is 6. The number of anilines is 1. The summed E-state index contributed by atoms with van der Waals surface area (Å²) in [7, 11) is 0. The van der Waals surface area contributed by atoms with Crippen LogP contribution in [-0.4, -0.2) is 22.7 Å². The van der Waals surface area contributed by atoms with Gasteiger partial charge in [-0.05, 0) is 30.9 Å². The number of furan rings is 1. The molecular formula is C16H16ClNO4S. The standard InChI is InChI=1S/C16H16ClNO4S/c1-3-23-13-5-4-10(17)6-11(13)18-16(21)15-9(2)8-22-12(15)7-14(19)20/h4-6,8H,3,7H2,1-2H3,(H,18,21)(H,19,20). The smallest absolute Gasteiger partial charge is 0.311 e. The minimum absolute atomic E-state index is 0.138. The third-order valence-corrected chi connectivity index (χ3v) is 4.27. The van der Waals surface area contributed by atoms with Crippen LogP contribution in [0.2, 0.25) is 5.02 Å². The van der Waals surface area contributed by atoms with Crippen molar-refractivity contribution >= 4 is 40.9 Å². The first-order valence-electron chi connectivity index (χ1n) is 6.94. The van der Waals surface area contributed by atoms with Crippen LogP contribution in [0.4, 0.5) is 5.69 Å². The van der Waals surface area contributed by atoms with Gasteiger partial charge in [-0.1, -0.05) is 18.5 Å². The number of nitrogens with one attached hydrogen (secondary N) is 1. The van der Waals surface area contributed by atoms with E-state index in [0.717, 1.165) is 10.6 Å². The van der Waals surface area contributed by atoms with E-state index in [0.29, 0.717) is 16.3 Å². The van der Waals surface area contributed by atoms with Crippen molar-refractivity contribution in [3.05, 3.63) is 46.4 Å². The van der Waals surface area contributed by atoms with Crippen molar-refractivity contribution in [3.8, 4) is 0 Å². The van der Waals surface area contributed by atoms with E-state index in [1.165, 1.54) is 6.26 Å². The number of thioether (sulfide) groups is 1. The minimum atomic E-state index is -1.06. The molecule has 0 aliphatic rings. The molecule has 5 nitrogen and oxygen atoms in total. The van der Waals surface area contributed by atoms with E-state index in [2.05, 4.69) is 5.32 Å². The quantitative estimate of drug-likeness (QED) is 0.759. The molecule has 0 unspecified atom stereocenters. The van der Waals surface area contributed by atoms with E-state index in [9.17, 15) is 9.59 Å². The van der Waals surface area contributed by atoms with Gasteiger partial charge in [0.2, 0.25) is 0 Å². The largest absolute Gasteiger partial charge is 0.481 e. The van der Waals surface area contributed by atoms with Crippen LogP contribution < -0.4 is 5.32 Å². The van der Waals surface area contributed by atoms with E-state index in [1.54, 1.807) is 30.8 Å². The van der Waals surface area contributed by atoms with Gasteiger partial charge >= 0.3 is 5.97 Å². The number of carboxylic acid groups (broad SMARTS) is 1. The average Bonchev–Trinajstić information content (AvgIpc) is 2.82. The molecule has 0 atom stereocenters. The van der Waals surface area contributed by atoms with Gasteiger partial charge in [-0.2, -0.15) is 0 Å². The summed E-state index contributed by atoms with van der Waals surface area (Å²) in [5.74, 6) is -0.482. The Hall–Kier alpha value is -1.92. The molecule has 2 N–H and O–H groups in total. The molecule has 1 aromatic heterocycles. The third kappa shape index (κ3) is 4.30. The van der Waals surface area contributed by atoms with Crippen LogP contribution in [0.3, 0.4) is 0 Å². The maximum Gasteiger partial charge on any atom is 0.311 e. The van der Waals surface area contributed by atoms with Crippen LogP contribution in [0.25, 0.3) is 0 Å². The second kappa shape index (κ2) is 7.57. The number of hydrogen-bond donors (Lipinski definition) is 2. The topological polar surface area (TPSA) is 79.5 Å². The summed E-state index contributed by atoms with van der Waals surface area (Å²) in [6.45, 7) is 3.71. The molecule has 1 heterocycles. The number of benzene rings is 1. The second-order valence-electron chi connectivity index (χ2n) is 4.82.